The Labute approximate surface area is 69.2 Å². The van der Waals surface area contributed by atoms with Gasteiger partial charge in [0.15, 0.2) is 5.92 Å². The van der Waals surface area contributed by atoms with Crippen molar-refractivity contribution in [3.05, 3.63) is 0 Å². The van der Waals surface area contributed by atoms with Crippen LogP contribution in [0.15, 0.2) is 0 Å². The predicted molar refractivity (Wildman–Crippen MR) is 40.8 cm³/mol. The number of imide groups is 1. The normalized spacial score (nSPS) is 23.8. The molecule has 0 aromatic rings. The Bertz CT molecular complexity index is 250. The molecule has 0 radical (unpaired) electrons. The lowest BCUT2D eigenvalue weighted by atomic mass is 10.1. The summed E-state index contributed by atoms with van der Waals surface area (Å²) in [6.07, 6.45) is 0. The van der Waals surface area contributed by atoms with E-state index in [4.69, 9.17) is 11.1 Å². The smallest absolute Gasteiger partial charge is 0.323 e. The topological polar surface area (TPSA) is 101 Å². The van der Waals surface area contributed by atoms with E-state index < -0.39 is 17.9 Å². The Kier molecular flexibility index (Phi) is 1.99. The van der Waals surface area contributed by atoms with Gasteiger partial charge in [0.2, 0.25) is 5.91 Å². The SMILES string of the molecule is CN1C[C@H](C(N)=[NH2+])C(=O)NC1=O. The number of nitrogens with zero attached hydrogens (tertiary/aromatic N) is 1. The first-order valence-electron chi connectivity index (χ1n) is 3.46. The highest BCUT2D eigenvalue weighted by atomic mass is 16.2. The molecule has 0 aromatic carbocycles. The zero-order valence-corrected chi connectivity index (χ0v) is 6.70. The summed E-state index contributed by atoms with van der Waals surface area (Å²) < 4.78 is 0. The van der Waals surface area contributed by atoms with Crippen molar-refractivity contribution < 1.29 is 15.0 Å². The van der Waals surface area contributed by atoms with Gasteiger partial charge in [0.05, 0.1) is 0 Å². The van der Waals surface area contributed by atoms with Gasteiger partial charge < -0.3 is 4.90 Å². The number of carbonyl (C=O) groups excluding carboxylic acids is 2. The maximum atomic E-state index is 11.1. The monoisotopic (exact) mass is 171 g/mol. The molecule has 1 atom stereocenters. The van der Waals surface area contributed by atoms with Gasteiger partial charge in [-0.3, -0.25) is 21.3 Å². The lowest BCUT2D eigenvalue weighted by Gasteiger charge is -2.26. The van der Waals surface area contributed by atoms with Crippen molar-refractivity contribution in [2.24, 2.45) is 11.7 Å². The quantitative estimate of drug-likeness (QED) is 0.288. The summed E-state index contributed by atoms with van der Waals surface area (Å²) >= 11 is 0. The Hall–Kier alpha value is -1.59. The number of nitrogens with two attached hydrogens (primary N) is 2. The summed E-state index contributed by atoms with van der Waals surface area (Å²) in [5, 5.41) is 7.39. The van der Waals surface area contributed by atoms with Crippen molar-refractivity contribution in [2.45, 2.75) is 0 Å². The number of amidine groups is 1. The molecule has 6 heteroatoms. The van der Waals surface area contributed by atoms with Crippen LogP contribution in [0.4, 0.5) is 4.79 Å². The summed E-state index contributed by atoms with van der Waals surface area (Å²) in [7, 11) is 1.57. The molecule has 1 aliphatic rings. The molecule has 0 bridgehead atoms. The van der Waals surface area contributed by atoms with Crippen LogP contribution in [0.3, 0.4) is 0 Å². The van der Waals surface area contributed by atoms with Crippen LogP contribution in [0.1, 0.15) is 0 Å². The van der Waals surface area contributed by atoms with Crippen LogP contribution in [0.25, 0.3) is 0 Å². The second-order valence-corrected chi connectivity index (χ2v) is 2.73. The van der Waals surface area contributed by atoms with Gasteiger partial charge in [0, 0.05) is 13.6 Å². The maximum Gasteiger partial charge on any atom is 0.323 e. The van der Waals surface area contributed by atoms with E-state index in [9.17, 15) is 9.59 Å². The van der Waals surface area contributed by atoms with Crippen LogP contribution >= 0.6 is 0 Å². The van der Waals surface area contributed by atoms with Gasteiger partial charge in [-0.15, -0.1) is 0 Å². The highest BCUT2D eigenvalue weighted by Gasteiger charge is 2.34. The Morgan fingerprint density at radius 1 is 1.75 bits per heavy atom. The van der Waals surface area contributed by atoms with Crippen LogP contribution in [0.5, 0.6) is 0 Å². The fourth-order valence-corrected chi connectivity index (χ4v) is 0.984. The molecule has 0 aliphatic carbocycles. The van der Waals surface area contributed by atoms with Crippen molar-refractivity contribution in [3.8, 4) is 0 Å². The molecular weight excluding hydrogens is 160 g/mol. The third kappa shape index (κ3) is 1.36. The zero-order chi connectivity index (χ0) is 9.30. The van der Waals surface area contributed by atoms with E-state index in [1.54, 1.807) is 7.05 Å². The average molecular weight is 171 g/mol. The van der Waals surface area contributed by atoms with E-state index in [-0.39, 0.29) is 12.4 Å². The van der Waals surface area contributed by atoms with Crippen molar-refractivity contribution in [1.29, 1.82) is 0 Å². The average Bonchev–Trinajstić information content (AvgIpc) is 1.96. The lowest BCUT2D eigenvalue weighted by Crippen LogP contribution is -2.62. The molecule has 1 rings (SSSR count). The molecule has 1 aliphatic heterocycles. The molecule has 1 heterocycles. The summed E-state index contributed by atoms with van der Waals surface area (Å²) in [6.45, 7) is 0.243. The largest absolute Gasteiger partial charge is 0.326 e. The van der Waals surface area contributed by atoms with E-state index in [2.05, 4.69) is 5.32 Å². The van der Waals surface area contributed by atoms with E-state index >= 15 is 0 Å². The number of hydrogen-bond acceptors (Lipinski definition) is 2. The summed E-state index contributed by atoms with van der Waals surface area (Å²) in [5.74, 6) is -0.988. The van der Waals surface area contributed by atoms with E-state index in [0.29, 0.717) is 0 Å². The lowest BCUT2D eigenvalue weighted by molar-refractivity contribution is -0.134. The molecule has 0 aromatic heterocycles. The Morgan fingerprint density at radius 3 is 2.83 bits per heavy atom. The molecule has 3 amide bonds. The second-order valence-electron chi connectivity index (χ2n) is 2.73. The molecule has 66 valence electrons. The first-order chi connectivity index (χ1) is 5.52. The van der Waals surface area contributed by atoms with Crippen LogP contribution in [-0.2, 0) is 4.79 Å². The first-order valence-corrected chi connectivity index (χ1v) is 3.46. The number of urea groups is 1. The highest BCUT2D eigenvalue weighted by molar-refractivity contribution is 6.08. The summed E-state index contributed by atoms with van der Waals surface area (Å²) in [6, 6.07) is -0.419. The number of nitrogens with one attached hydrogen (secondary N) is 1. The van der Waals surface area contributed by atoms with Crippen LogP contribution in [0, 0.1) is 5.92 Å². The standard InChI is InChI=1S/C6H10N4O2/c1-10-2-3(4(7)8)5(11)9-6(10)12/h3H,2H2,1H3,(H3,7,8)(H,9,11,12)/p+1/t3-/m1/s1. The zero-order valence-electron chi connectivity index (χ0n) is 6.70. The van der Waals surface area contributed by atoms with Gasteiger partial charge in [0.25, 0.3) is 5.84 Å². The number of rotatable bonds is 1. The van der Waals surface area contributed by atoms with Crippen molar-refractivity contribution in [3.63, 3.8) is 0 Å². The summed E-state index contributed by atoms with van der Waals surface area (Å²) in [5.41, 5.74) is 5.26. The number of carbonyl (C=O) groups is 2. The minimum atomic E-state index is -0.590. The highest BCUT2D eigenvalue weighted by Crippen LogP contribution is 2.03. The maximum absolute atomic E-state index is 11.1. The van der Waals surface area contributed by atoms with Crippen LogP contribution in [-0.4, -0.2) is 36.3 Å². The van der Waals surface area contributed by atoms with E-state index in [0.717, 1.165) is 0 Å². The fraction of sp³-hybridized carbons (Fsp3) is 0.500. The molecule has 0 unspecified atom stereocenters. The van der Waals surface area contributed by atoms with E-state index in [1.165, 1.54) is 4.90 Å². The third-order valence-electron chi connectivity index (χ3n) is 1.75. The van der Waals surface area contributed by atoms with Gasteiger partial charge in [-0.05, 0) is 0 Å². The number of hydrogen-bond donors (Lipinski definition) is 3. The fourth-order valence-electron chi connectivity index (χ4n) is 0.984. The molecule has 5 N–H and O–H groups in total. The molecule has 0 saturated carbocycles. The third-order valence-corrected chi connectivity index (χ3v) is 1.75. The Morgan fingerprint density at radius 2 is 2.33 bits per heavy atom. The predicted octanol–water partition coefficient (Wildman–Crippen LogP) is -3.10. The van der Waals surface area contributed by atoms with Crippen molar-refractivity contribution in [2.75, 3.05) is 13.6 Å². The molecule has 12 heavy (non-hydrogen) atoms. The van der Waals surface area contributed by atoms with Gasteiger partial charge >= 0.3 is 6.03 Å². The second kappa shape index (κ2) is 2.80. The molecule has 1 fully saturated rings. The van der Waals surface area contributed by atoms with Crippen LogP contribution < -0.4 is 16.5 Å². The molecule has 0 spiro atoms. The van der Waals surface area contributed by atoms with Crippen molar-refractivity contribution in [1.82, 2.24) is 10.2 Å². The van der Waals surface area contributed by atoms with E-state index in [1.807, 2.05) is 0 Å². The first kappa shape index (κ1) is 8.51. The molecule has 1 saturated heterocycles. The van der Waals surface area contributed by atoms with Gasteiger partial charge in [-0.25, -0.2) is 4.79 Å². The molecular formula is C6H11N4O2+. The van der Waals surface area contributed by atoms with Crippen molar-refractivity contribution >= 4 is 17.8 Å². The Balaban J connectivity index is 2.74. The van der Waals surface area contributed by atoms with Gasteiger partial charge in [-0.1, -0.05) is 0 Å². The number of amides is 3. The minimum absolute atomic E-state index is 0.0341. The van der Waals surface area contributed by atoms with Gasteiger partial charge in [0.1, 0.15) is 0 Å². The van der Waals surface area contributed by atoms with Crippen LogP contribution in [0.2, 0.25) is 0 Å². The molecule has 6 nitrogen and oxygen atoms in total. The van der Waals surface area contributed by atoms with Gasteiger partial charge in [-0.2, -0.15) is 0 Å². The minimum Gasteiger partial charge on any atom is -0.326 e. The summed E-state index contributed by atoms with van der Waals surface area (Å²) in [4.78, 5) is 23.3.